The van der Waals surface area contributed by atoms with Crippen LogP contribution >= 0.6 is 0 Å². The molecule has 1 atom stereocenters. The molecule has 0 spiro atoms. The van der Waals surface area contributed by atoms with E-state index >= 15 is 0 Å². The maximum absolute atomic E-state index is 5.79. The molecule has 94 valence electrons. The molecule has 0 radical (unpaired) electrons. The number of ether oxygens (including phenoxy) is 4. The highest BCUT2D eigenvalue weighted by Gasteiger charge is 2.32. The molecule has 1 heterocycles. The Morgan fingerprint density at radius 3 is 2.88 bits per heavy atom. The molecule has 0 bridgehead atoms. The third kappa shape index (κ3) is 4.22. The van der Waals surface area contributed by atoms with Gasteiger partial charge in [0.15, 0.2) is 5.79 Å². The molecule has 0 fully saturated rings. The van der Waals surface area contributed by atoms with Crippen molar-refractivity contribution in [3.63, 3.8) is 0 Å². The summed E-state index contributed by atoms with van der Waals surface area (Å²) in [4.78, 5) is 0. The number of rotatable bonds is 7. The molecular weight excluding hydrogens is 208 g/mol. The van der Waals surface area contributed by atoms with Gasteiger partial charge in [-0.1, -0.05) is 11.6 Å². The molecular formula is C12H22O4. The third-order valence-corrected chi connectivity index (χ3v) is 2.56. The summed E-state index contributed by atoms with van der Waals surface area (Å²) in [6.07, 6.45) is 3.70. The van der Waals surface area contributed by atoms with Gasteiger partial charge in [0.2, 0.25) is 0 Å². The van der Waals surface area contributed by atoms with Crippen LogP contribution in [0.15, 0.2) is 11.6 Å². The number of hydrogen-bond acceptors (Lipinski definition) is 4. The molecule has 0 saturated heterocycles. The minimum absolute atomic E-state index is 0.317. The lowest BCUT2D eigenvalue weighted by atomic mass is 10.0. The molecule has 16 heavy (non-hydrogen) atoms. The second kappa shape index (κ2) is 7.01. The van der Waals surface area contributed by atoms with Gasteiger partial charge in [-0.2, -0.15) is 0 Å². The zero-order chi connectivity index (χ0) is 11.9. The van der Waals surface area contributed by atoms with Crippen molar-refractivity contribution in [2.75, 3.05) is 33.7 Å². The van der Waals surface area contributed by atoms with E-state index in [2.05, 4.69) is 13.0 Å². The van der Waals surface area contributed by atoms with Crippen molar-refractivity contribution in [1.29, 1.82) is 0 Å². The fourth-order valence-corrected chi connectivity index (χ4v) is 1.67. The van der Waals surface area contributed by atoms with Gasteiger partial charge in [0.25, 0.3) is 0 Å². The first-order chi connectivity index (χ1) is 7.72. The molecule has 4 nitrogen and oxygen atoms in total. The van der Waals surface area contributed by atoms with Crippen LogP contribution in [0.4, 0.5) is 0 Å². The van der Waals surface area contributed by atoms with Gasteiger partial charge < -0.3 is 18.9 Å². The van der Waals surface area contributed by atoms with Crippen LogP contribution in [0.2, 0.25) is 0 Å². The summed E-state index contributed by atoms with van der Waals surface area (Å²) in [5.41, 5.74) is 1.26. The topological polar surface area (TPSA) is 36.9 Å². The molecule has 1 aliphatic rings. The van der Waals surface area contributed by atoms with E-state index < -0.39 is 5.79 Å². The molecule has 0 amide bonds. The van der Waals surface area contributed by atoms with Gasteiger partial charge in [-0.3, -0.25) is 0 Å². The minimum atomic E-state index is -0.498. The summed E-state index contributed by atoms with van der Waals surface area (Å²) in [6.45, 7) is 6.24. The minimum Gasteiger partial charge on any atom is -0.359 e. The smallest absolute Gasteiger partial charge is 0.174 e. The van der Waals surface area contributed by atoms with Crippen LogP contribution in [-0.4, -0.2) is 39.5 Å². The lowest BCUT2D eigenvalue weighted by Crippen LogP contribution is -2.39. The first-order valence-electron chi connectivity index (χ1n) is 5.72. The Morgan fingerprint density at radius 1 is 1.50 bits per heavy atom. The Bertz CT molecular complexity index is 227. The molecule has 0 saturated carbocycles. The molecule has 0 aromatic rings. The lowest BCUT2D eigenvalue weighted by Gasteiger charge is -2.35. The summed E-state index contributed by atoms with van der Waals surface area (Å²) in [6, 6.07) is 0. The molecule has 0 aliphatic carbocycles. The predicted molar refractivity (Wildman–Crippen MR) is 61.1 cm³/mol. The highest BCUT2D eigenvalue weighted by molar-refractivity contribution is 5.04. The van der Waals surface area contributed by atoms with E-state index in [4.69, 9.17) is 18.9 Å². The number of hydrogen-bond donors (Lipinski definition) is 0. The van der Waals surface area contributed by atoms with E-state index in [1.165, 1.54) is 5.57 Å². The van der Waals surface area contributed by atoms with Crippen LogP contribution in [-0.2, 0) is 18.9 Å². The first-order valence-corrected chi connectivity index (χ1v) is 5.72. The van der Waals surface area contributed by atoms with Crippen LogP contribution in [0, 0.1) is 0 Å². The van der Waals surface area contributed by atoms with Crippen molar-refractivity contribution in [2.45, 2.75) is 32.5 Å². The standard InChI is InChI=1S/C12H22O4/c1-4-15-12(7-8-14-10-13-3)6-5-11(2)9-16-12/h5H,4,6-10H2,1-3H3/t12-/m0/s1. The van der Waals surface area contributed by atoms with E-state index in [0.29, 0.717) is 26.6 Å². The maximum atomic E-state index is 5.79. The maximum Gasteiger partial charge on any atom is 0.174 e. The van der Waals surface area contributed by atoms with Gasteiger partial charge in [0, 0.05) is 26.6 Å². The van der Waals surface area contributed by atoms with Gasteiger partial charge in [0.1, 0.15) is 6.79 Å². The van der Waals surface area contributed by atoms with E-state index in [-0.39, 0.29) is 0 Å². The van der Waals surface area contributed by atoms with Crippen molar-refractivity contribution in [2.24, 2.45) is 0 Å². The third-order valence-electron chi connectivity index (χ3n) is 2.56. The van der Waals surface area contributed by atoms with Crippen LogP contribution in [0.1, 0.15) is 26.7 Å². The Labute approximate surface area is 97.5 Å². The second-order valence-corrected chi connectivity index (χ2v) is 3.95. The number of methoxy groups -OCH3 is 1. The monoisotopic (exact) mass is 230 g/mol. The summed E-state index contributed by atoms with van der Waals surface area (Å²) in [5, 5.41) is 0. The normalized spacial score (nSPS) is 25.6. The van der Waals surface area contributed by atoms with Crippen LogP contribution in [0.5, 0.6) is 0 Å². The van der Waals surface area contributed by atoms with Gasteiger partial charge in [-0.25, -0.2) is 0 Å². The van der Waals surface area contributed by atoms with Crippen molar-refractivity contribution in [3.8, 4) is 0 Å². The highest BCUT2D eigenvalue weighted by atomic mass is 16.7. The lowest BCUT2D eigenvalue weighted by molar-refractivity contribution is -0.243. The van der Waals surface area contributed by atoms with Gasteiger partial charge in [-0.15, -0.1) is 0 Å². The van der Waals surface area contributed by atoms with E-state index in [9.17, 15) is 0 Å². The molecule has 0 unspecified atom stereocenters. The highest BCUT2D eigenvalue weighted by Crippen LogP contribution is 2.28. The molecule has 1 aliphatic heterocycles. The van der Waals surface area contributed by atoms with Gasteiger partial charge >= 0.3 is 0 Å². The quantitative estimate of drug-likeness (QED) is 0.381. The Kier molecular flexibility index (Phi) is 5.98. The summed E-state index contributed by atoms with van der Waals surface area (Å²) in [7, 11) is 1.61. The molecule has 0 aromatic carbocycles. The Hall–Kier alpha value is -0.420. The molecule has 0 aromatic heterocycles. The summed E-state index contributed by atoms with van der Waals surface area (Å²) in [5.74, 6) is -0.498. The van der Waals surface area contributed by atoms with E-state index in [1.54, 1.807) is 7.11 Å². The predicted octanol–water partition coefficient (Wildman–Crippen LogP) is 2.10. The first kappa shape index (κ1) is 13.6. The SMILES string of the molecule is CCO[C@@]1(CCOCOC)CC=C(C)CO1. The Morgan fingerprint density at radius 2 is 2.31 bits per heavy atom. The van der Waals surface area contributed by atoms with Crippen molar-refractivity contribution < 1.29 is 18.9 Å². The zero-order valence-electron chi connectivity index (χ0n) is 10.5. The summed E-state index contributed by atoms with van der Waals surface area (Å²) >= 11 is 0. The van der Waals surface area contributed by atoms with Gasteiger partial charge in [-0.05, 0) is 13.8 Å². The molecule has 4 heteroatoms. The Balaban J connectivity index is 2.40. The second-order valence-electron chi connectivity index (χ2n) is 3.95. The fraction of sp³-hybridized carbons (Fsp3) is 0.833. The van der Waals surface area contributed by atoms with Gasteiger partial charge in [0.05, 0.1) is 13.2 Å². The zero-order valence-corrected chi connectivity index (χ0v) is 10.5. The van der Waals surface area contributed by atoms with Crippen LogP contribution in [0.25, 0.3) is 0 Å². The van der Waals surface area contributed by atoms with Crippen molar-refractivity contribution >= 4 is 0 Å². The molecule has 0 N–H and O–H groups in total. The fourth-order valence-electron chi connectivity index (χ4n) is 1.67. The summed E-state index contributed by atoms with van der Waals surface area (Å²) < 4.78 is 21.6. The van der Waals surface area contributed by atoms with Crippen LogP contribution in [0.3, 0.4) is 0 Å². The largest absolute Gasteiger partial charge is 0.359 e. The van der Waals surface area contributed by atoms with Crippen LogP contribution < -0.4 is 0 Å². The average Bonchev–Trinajstić information content (AvgIpc) is 2.29. The van der Waals surface area contributed by atoms with E-state index in [1.807, 2.05) is 6.92 Å². The van der Waals surface area contributed by atoms with Crippen molar-refractivity contribution in [3.05, 3.63) is 11.6 Å². The van der Waals surface area contributed by atoms with E-state index in [0.717, 1.165) is 12.8 Å². The molecule has 1 rings (SSSR count). The van der Waals surface area contributed by atoms with Crippen molar-refractivity contribution in [1.82, 2.24) is 0 Å². The average molecular weight is 230 g/mol.